The molecule has 0 aromatic carbocycles. The number of aromatic nitrogens is 2. The summed E-state index contributed by atoms with van der Waals surface area (Å²) in [6, 6.07) is 5.72. The van der Waals surface area contributed by atoms with Crippen LogP contribution in [0, 0.1) is 0 Å². The summed E-state index contributed by atoms with van der Waals surface area (Å²) in [5.41, 5.74) is 1.73. The lowest BCUT2D eigenvalue weighted by atomic mass is 10.1. The largest absolute Gasteiger partial charge is 0.359 e. The number of fused-ring (bicyclic) bond motifs is 1. The SMILES string of the molecule is O=S1(=O)C[C@@H]2NCCN(Cc3cc(-c4ccncc4)no3)[C@@H]2C1. The highest BCUT2D eigenvalue weighted by Crippen LogP contribution is 2.24. The Bertz CT molecular complexity index is 790. The van der Waals surface area contributed by atoms with Crippen molar-refractivity contribution < 1.29 is 12.9 Å². The minimum absolute atomic E-state index is 0.0169. The molecule has 2 aromatic heterocycles. The summed E-state index contributed by atoms with van der Waals surface area (Å²) in [6.07, 6.45) is 3.43. The van der Waals surface area contributed by atoms with E-state index in [9.17, 15) is 8.42 Å². The lowest BCUT2D eigenvalue weighted by Gasteiger charge is -2.36. The van der Waals surface area contributed by atoms with Gasteiger partial charge < -0.3 is 9.84 Å². The standard InChI is InChI=1S/C15H18N4O3S/c20-23(21)9-14-15(10-23)19(6-5-17-14)8-12-7-13(18-22-12)11-1-3-16-4-2-11/h1-4,7,14-15,17H,5-6,8-10H2/t14-,15+/m0/s1. The van der Waals surface area contributed by atoms with E-state index in [1.54, 1.807) is 12.4 Å². The monoisotopic (exact) mass is 334 g/mol. The first-order valence-corrected chi connectivity index (χ1v) is 9.47. The molecule has 0 spiro atoms. The Hall–Kier alpha value is -1.77. The third kappa shape index (κ3) is 3.01. The maximum Gasteiger partial charge on any atom is 0.153 e. The van der Waals surface area contributed by atoms with Gasteiger partial charge in [0.15, 0.2) is 15.6 Å². The maximum atomic E-state index is 11.9. The predicted octanol–water partition coefficient (Wildman–Crippen LogP) is 0.307. The highest BCUT2D eigenvalue weighted by atomic mass is 32.2. The van der Waals surface area contributed by atoms with Crippen molar-refractivity contribution in [3.63, 3.8) is 0 Å². The summed E-state index contributed by atoms with van der Waals surface area (Å²) in [5, 5.41) is 7.41. The fraction of sp³-hybridized carbons (Fsp3) is 0.467. The van der Waals surface area contributed by atoms with Crippen LogP contribution in [0.2, 0.25) is 0 Å². The summed E-state index contributed by atoms with van der Waals surface area (Å²) >= 11 is 0. The van der Waals surface area contributed by atoms with Gasteiger partial charge >= 0.3 is 0 Å². The molecular formula is C15H18N4O3S. The van der Waals surface area contributed by atoms with Gasteiger partial charge in [0.05, 0.1) is 18.1 Å². The lowest BCUT2D eigenvalue weighted by molar-refractivity contribution is 0.128. The average molecular weight is 334 g/mol. The van der Waals surface area contributed by atoms with Gasteiger partial charge in [-0.15, -0.1) is 0 Å². The fourth-order valence-corrected chi connectivity index (χ4v) is 5.37. The average Bonchev–Trinajstić information content (AvgIpc) is 3.11. The zero-order chi connectivity index (χ0) is 15.9. The molecule has 2 atom stereocenters. The first-order chi connectivity index (χ1) is 11.1. The second kappa shape index (κ2) is 5.70. The van der Waals surface area contributed by atoms with Crippen LogP contribution in [-0.4, -0.2) is 60.1 Å². The number of rotatable bonds is 3. The van der Waals surface area contributed by atoms with Crippen LogP contribution in [0.15, 0.2) is 35.1 Å². The van der Waals surface area contributed by atoms with Gasteiger partial charge in [0.1, 0.15) is 5.69 Å². The van der Waals surface area contributed by atoms with Gasteiger partial charge in [0.2, 0.25) is 0 Å². The van der Waals surface area contributed by atoms with Crippen molar-refractivity contribution >= 4 is 9.84 Å². The van der Waals surface area contributed by atoms with Crippen molar-refractivity contribution in [2.45, 2.75) is 18.6 Å². The molecule has 2 aliphatic heterocycles. The van der Waals surface area contributed by atoms with Crippen molar-refractivity contribution in [2.24, 2.45) is 0 Å². The van der Waals surface area contributed by atoms with Crippen molar-refractivity contribution in [1.29, 1.82) is 0 Å². The van der Waals surface area contributed by atoms with E-state index >= 15 is 0 Å². The Morgan fingerprint density at radius 2 is 2.13 bits per heavy atom. The molecule has 0 radical (unpaired) electrons. The van der Waals surface area contributed by atoms with Gasteiger partial charge in [-0.25, -0.2) is 8.42 Å². The summed E-state index contributed by atoms with van der Waals surface area (Å²) < 4.78 is 29.2. The molecule has 23 heavy (non-hydrogen) atoms. The molecule has 0 saturated carbocycles. The first kappa shape index (κ1) is 14.8. The van der Waals surface area contributed by atoms with E-state index < -0.39 is 9.84 Å². The summed E-state index contributed by atoms with van der Waals surface area (Å²) in [4.78, 5) is 6.17. The molecule has 122 valence electrons. The van der Waals surface area contributed by atoms with Gasteiger partial charge in [0.25, 0.3) is 0 Å². The fourth-order valence-electron chi connectivity index (χ4n) is 3.39. The predicted molar refractivity (Wildman–Crippen MR) is 84.4 cm³/mol. The highest BCUT2D eigenvalue weighted by Gasteiger charge is 2.42. The van der Waals surface area contributed by atoms with Crippen LogP contribution in [0.3, 0.4) is 0 Å². The highest BCUT2D eigenvalue weighted by molar-refractivity contribution is 7.91. The van der Waals surface area contributed by atoms with E-state index in [1.165, 1.54) is 0 Å². The minimum atomic E-state index is -2.95. The smallest absolute Gasteiger partial charge is 0.153 e. The molecule has 2 fully saturated rings. The number of pyridine rings is 1. The van der Waals surface area contributed by atoms with Gasteiger partial charge in [-0.05, 0) is 12.1 Å². The van der Waals surface area contributed by atoms with Crippen molar-refractivity contribution in [3.05, 3.63) is 36.4 Å². The van der Waals surface area contributed by atoms with Gasteiger partial charge in [-0.3, -0.25) is 9.88 Å². The van der Waals surface area contributed by atoms with Crippen LogP contribution in [0.5, 0.6) is 0 Å². The van der Waals surface area contributed by atoms with Gasteiger partial charge in [-0.2, -0.15) is 0 Å². The van der Waals surface area contributed by atoms with Crippen molar-refractivity contribution in [1.82, 2.24) is 20.4 Å². The summed E-state index contributed by atoms with van der Waals surface area (Å²) in [5.74, 6) is 1.20. The number of piperazine rings is 1. The van der Waals surface area contributed by atoms with Crippen LogP contribution < -0.4 is 5.32 Å². The molecular weight excluding hydrogens is 316 g/mol. The quantitative estimate of drug-likeness (QED) is 0.864. The third-order valence-electron chi connectivity index (χ3n) is 4.49. The molecule has 7 nitrogen and oxygen atoms in total. The van der Waals surface area contributed by atoms with E-state index in [0.717, 1.165) is 30.1 Å². The second-order valence-corrected chi connectivity index (χ2v) is 8.24. The second-order valence-electron chi connectivity index (χ2n) is 6.09. The molecule has 0 unspecified atom stereocenters. The Morgan fingerprint density at radius 3 is 2.96 bits per heavy atom. The number of nitrogens with zero attached hydrogens (tertiary/aromatic N) is 3. The minimum Gasteiger partial charge on any atom is -0.359 e. The molecule has 0 amide bonds. The molecule has 4 rings (SSSR count). The molecule has 0 aliphatic carbocycles. The van der Waals surface area contributed by atoms with E-state index in [2.05, 4.69) is 20.4 Å². The molecule has 2 aliphatic rings. The van der Waals surface area contributed by atoms with Gasteiger partial charge in [-0.1, -0.05) is 5.16 Å². The summed E-state index contributed by atoms with van der Waals surface area (Å²) in [6.45, 7) is 2.18. The number of hydrogen-bond donors (Lipinski definition) is 1. The maximum absolute atomic E-state index is 11.9. The van der Waals surface area contributed by atoms with Crippen molar-refractivity contribution in [2.75, 3.05) is 24.6 Å². The van der Waals surface area contributed by atoms with Crippen LogP contribution in [-0.2, 0) is 16.4 Å². The van der Waals surface area contributed by atoms with E-state index in [0.29, 0.717) is 6.54 Å². The molecule has 4 heterocycles. The number of nitrogens with one attached hydrogen (secondary N) is 1. The van der Waals surface area contributed by atoms with E-state index in [4.69, 9.17) is 4.52 Å². The summed E-state index contributed by atoms with van der Waals surface area (Å²) in [7, 11) is -2.95. The zero-order valence-corrected chi connectivity index (χ0v) is 13.4. The van der Waals surface area contributed by atoms with Crippen LogP contribution in [0.4, 0.5) is 0 Å². The Balaban J connectivity index is 1.51. The van der Waals surface area contributed by atoms with Crippen LogP contribution in [0.25, 0.3) is 11.3 Å². The lowest BCUT2D eigenvalue weighted by Crippen LogP contribution is -2.56. The third-order valence-corrected chi connectivity index (χ3v) is 6.21. The van der Waals surface area contributed by atoms with E-state index in [-0.39, 0.29) is 23.6 Å². The molecule has 0 bridgehead atoms. The normalized spacial score (nSPS) is 27.0. The molecule has 2 aromatic rings. The van der Waals surface area contributed by atoms with Crippen molar-refractivity contribution in [3.8, 4) is 11.3 Å². The Labute approximate surface area is 134 Å². The molecule has 1 N–H and O–H groups in total. The topological polar surface area (TPSA) is 88.3 Å². The first-order valence-electron chi connectivity index (χ1n) is 7.65. The molecule has 2 saturated heterocycles. The zero-order valence-electron chi connectivity index (χ0n) is 12.6. The number of hydrogen-bond acceptors (Lipinski definition) is 7. The number of sulfone groups is 1. The van der Waals surface area contributed by atoms with Crippen LogP contribution in [0.1, 0.15) is 5.76 Å². The van der Waals surface area contributed by atoms with E-state index in [1.807, 2.05) is 18.2 Å². The molecule has 8 heteroatoms. The Morgan fingerprint density at radius 1 is 1.30 bits per heavy atom. The van der Waals surface area contributed by atoms with Crippen LogP contribution >= 0.6 is 0 Å². The Kier molecular flexibility index (Phi) is 3.67. The van der Waals surface area contributed by atoms with Gasteiger partial charge in [0, 0.05) is 49.2 Å².